The van der Waals surface area contributed by atoms with Crippen molar-refractivity contribution in [1.29, 1.82) is 0 Å². The third-order valence-corrected chi connectivity index (χ3v) is 5.94. The summed E-state index contributed by atoms with van der Waals surface area (Å²) >= 11 is 0. The first kappa shape index (κ1) is 23.7. The minimum Gasteiger partial charge on any atom is -0.494 e. The van der Waals surface area contributed by atoms with E-state index < -0.39 is 11.7 Å². The van der Waals surface area contributed by atoms with E-state index in [1.165, 1.54) is 47.9 Å². The lowest BCUT2D eigenvalue weighted by atomic mass is 10.1. The number of nitrogens with zero attached hydrogens (tertiary/aromatic N) is 9. The molecule has 0 bridgehead atoms. The van der Waals surface area contributed by atoms with Crippen molar-refractivity contribution < 1.29 is 18.7 Å². The van der Waals surface area contributed by atoms with Gasteiger partial charge in [-0.05, 0) is 6.92 Å². The molecule has 37 heavy (non-hydrogen) atoms. The summed E-state index contributed by atoms with van der Waals surface area (Å²) in [4.78, 5) is 45.3. The van der Waals surface area contributed by atoms with E-state index in [0.717, 1.165) is 5.01 Å². The Bertz CT molecular complexity index is 1470. The molecule has 1 aliphatic rings. The Labute approximate surface area is 209 Å². The molecular weight excluding hydrogens is 484 g/mol. The molecule has 1 amide bonds. The summed E-state index contributed by atoms with van der Waals surface area (Å²) in [5.41, 5.74) is 0.657. The van der Waals surface area contributed by atoms with Crippen LogP contribution in [0.3, 0.4) is 0 Å². The van der Waals surface area contributed by atoms with E-state index in [1.807, 2.05) is 0 Å². The summed E-state index contributed by atoms with van der Waals surface area (Å²) in [7, 11) is 1.47. The molecule has 4 aromatic rings. The number of H-pyrrole nitrogens is 1. The number of nitrogens with two attached hydrogens (primary N) is 2. The highest BCUT2D eigenvalue weighted by Gasteiger charge is 2.32. The maximum absolute atomic E-state index is 13.3. The highest BCUT2D eigenvalue weighted by Crippen LogP contribution is 2.31. The number of nitrogens with one attached hydrogen (secondary N) is 1. The molecule has 5 heterocycles. The van der Waals surface area contributed by atoms with E-state index in [2.05, 4.69) is 30.1 Å². The first-order valence-electron chi connectivity index (χ1n) is 11.2. The Morgan fingerprint density at radius 1 is 1.19 bits per heavy atom. The smallest absolute Gasteiger partial charge is 0.319 e. The standard InChI is InChI=1S/C21H24N12O4/c1-12-27-11-32(29-12)18-16-15(14(36-2)10-26-18)13(9-25-16)17(34)19(35)30-4-6-31(7-5-30)20(28-22)33(23)21-24-3-8-37-21/h3,8-11,25H,4-7,22-23H2,1-2H3/b28-20-. The SMILES string of the molecule is COc1cnc(-n2cnc(C)n2)c2[nH]cc(C(=O)C(=O)N3CCN(/C(=N/N)N(N)c4ncco4)CC3)c12. The zero-order chi connectivity index (χ0) is 26.1. The molecule has 0 saturated carbocycles. The molecule has 5 N–H and O–H groups in total. The van der Waals surface area contributed by atoms with Gasteiger partial charge in [0.25, 0.3) is 11.7 Å². The first-order chi connectivity index (χ1) is 17.9. The molecule has 16 nitrogen and oxygen atoms in total. The average molecular weight is 509 g/mol. The third kappa shape index (κ3) is 4.18. The van der Waals surface area contributed by atoms with Gasteiger partial charge in [0, 0.05) is 32.4 Å². The Morgan fingerprint density at radius 3 is 2.57 bits per heavy atom. The highest BCUT2D eigenvalue weighted by atomic mass is 16.5. The molecular formula is C21H24N12O4. The number of piperazine rings is 1. The van der Waals surface area contributed by atoms with Crippen LogP contribution in [0, 0.1) is 6.92 Å². The summed E-state index contributed by atoms with van der Waals surface area (Å²) < 4.78 is 12.1. The van der Waals surface area contributed by atoms with Crippen LogP contribution in [0.5, 0.6) is 5.75 Å². The topological polar surface area (TPSA) is 203 Å². The fourth-order valence-corrected chi connectivity index (χ4v) is 4.14. The van der Waals surface area contributed by atoms with Crippen LogP contribution < -0.4 is 21.4 Å². The molecule has 0 atom stereocenters. The second-order valence-electron chi connectivity index (χ2n) is 8.06. The molecule has 1 fully saturated rings. The van der Waals surface area contributed by atoms with Gasteiger partial charge in [0.15, 0.2) is 5.82 Å². The number of aromatic amines is 1. The zero-order valence-corrected chi connectivity index (χ0v) is 20.0. The predicted octanol–water partition coefficient (Wildman–Crippen LogP) is -0.614. The monoisotopic (exact) mass is 508 g/mol. The zero-order valence-electron chi connectivity index (χ0n) is 20.0. The van der Waals surface area contributed by atoms with Gasteiger partial charge in [0.05, 0.1) is 36.0 Å². The van der Waals surface area contributed by atoms with Gasteiger partial charge in [0.2, 0.25) is 5.96 Å². The van der Waals surface area contributed by atoms with Crippen molar-refractivity contribution in [3.8, 4) is 11.6 Å². The number of aromatic nitrogens is 6. The van der Waals surface area contributed by atoms with Crippen molar-refractivity contribution in [3.63, 3.8) is 0 Å². The summed E-state index contributed by atoms with van der Waals surface area (Å²) in [6, 6.07) is 0.112. The van der Waals surface area contributed by atoms with E-state index in [9.17, 15) is 9.59 Å². The number of ether oxygens (including phenoxy) is 1. The first-order valence-corrected chi connectivity index (χ1v) is 11.2. The number of oxazole rings is 1. The average Bonchev–Trinajstić information content (AvgIpc) is 3.69. The minimum atomic E-state index is -0.683. The lowest BCUT2D eigenvalue weighted by molar-refractivity contribution is -0.127. The molecule has 16 heteroatoms. The quantitative estimate of drug-likeness (QED) is 0.0771. The number of hydrogen-bond acceptors (Lipinski definition) is 11. The van der Waals surface area contributed by atoms with Gasteiger partial charge in [-0.1, -0.05) is 0 Å². The van der Waals surface area contributed by atoms with Gasteiger partial charge in [-0.15, -0.1) is 5.10 Å². The van der Waals surface area contributed by atoms with Crippen LogP contribution in [0.15, 0.2) is 40.7 Å². The van der Waals surface area contributed by atoms with Crippen LogP contribution in [0.1, 0.15) is 16.2 Å². The molecule has 0 aromatic carbocycles. The van der Waals surface area contributed by atoms with Crippen LogP contribution in [0.2, 0.25) is 0 Å². The van der Waals surface area contributed by atoms with Crippen LogP contribution >= 0.6 is 0 Å². The summed E-state index contributed by atoms with van der Waals surface area (Å²) in [6.45, 7) is 2.91. The van der Waals surface area contributed by atoms with Crippen LogP contribution in [-0.2, 0) is 4.79 Å². The Kier molecular flexibility index (Phi) is 6.14. The number of fused-ring (bicyclic) bond motifs is 1. The van der Waals surface area contributed by atoms with Gasteiger partial charge >= 0.3 is 6.01 Å². The number of Topliss-reactive ketones (excluding diaryl/α,β-unsaturated/α-hetero) is 1. The predicted molar refractivity (Wildman–Crippen MR) is 130 cm³/mol. The van der Waals surface area contributed by atoms with E-state index in [4.69, 9.17) is 20.8 Å². The molecule has 192 valence electrons. The Morgan fingerprint density at radius 2 is 1.95 bits per heavy atom. The number of aryl methyl sites for hydroxylation is 1. The number of carbonyl (C=O) groups excluding carboxylic acids is 2. The van der Waals surface area contributed by atoms with E-state index in [0.29, 0.717) is 41.4 Å². The van der Waals surface area contributed by atoms with Crippen molar-refractivity contribution in [2.45, 2.75) is 6.92 Å². The molecule has 1 aliphatic heterocycles. The molecule has 0 radical (unpaired) electrons. The number of amides is 1. The summed E-state index contributed by atoms with van der Waals surface area (Å²) in [5, 5.41) is 9.57. The van der Waals surface area contributed by atoms with Gasteiger partial charge < -0.3 is 29.8 Å². The number of hydrogen-bond donors (Lipinski definition) is 3. The molecule has 0 unspecified atom stereocenters. The summed E-state index contributed by atoms with van der Waals surface area (Å²) in [6.07, 6.45) is 7.28. The number of ketones is 1. The Hall–Kier alpha value is -4.99. The Balaban J connectivity index is 1.35. The van der Waals surface area contributed by atoms with Crippen LogP contribution in [0.4, 0.5) is 6.01 Å². The van der Waals surface area contributed by atoms with Gasteiger partial charge in [-0.25, -0.2) is 25.5 Å². The number of pyridine rings is 1. The van der Waals surface area contributed by atoms with Crippen molar-refractivity contribution in [2.24, 2.45) is 16.8 Å². The molecule has 0 spiro atoms. The fourth-order valence-electron chi connectivity index (χ4n) is 4.14. The van der Waals surface area contributed by atoms with Gasteiger partial charge in [-0.3, -0.25) is 9.59 Å². The van der Waals surface area contributed by atoms with Gasteiger partial charge in [0.1, 0.15) is 24.2 Å². The lowest BCUT2D eigenvalue weighted by Gasteiger charge is -2.37. The number of hydrazine groups is 1. The van der Waals surface area contributed by atoms with E-state index >= 15 is 0 Å². The molecule has 4 aromatic heterocycles. The maximum atomic E-state index is 13.3. The maximum Gasteiger partial charge on any atom is 0.319 e. The number of hydrazone groups is 1. The van der Waals surface area contributed by atoms with E-state index in [-0.39, 0.29) is 30.6 Å². The summed E-state index contributed by atoms with van der Waals surface area (Å²) in [5.74, 6) is 11.8. The molecule has 0 aliphatic carbocycles. The third-order valence-electron chi connectivity index (χ3n) is 5.94. The number of anilines is 1. The second-order valence-corrected chi connectivity index (χ2v) is 8.06. The lowest BCUT2D eigenvalue weighted by Crippen LogP contribution is -2.57. The van der Waals surface area contributed by atoms with Crippen molar-refractivity contribution in [3.05, 3.63) is 42.6 Å². The van der Waals surface area contributed by atoms with Crippen molar-refractivity contribution in [1.82, 2.24) is 39.5 Å². The molecule has 1 saturated heterocycles. The van der Waals surface area contributed by atoms with Crippen molar-refractivity contribution >= 4 is 34.6 Å². The number of carbonyl (C=O) groups is 2. The normalized spacial score (nSPS) is 14.3. The molecule has 5 rings (SSSR count). The largest absolute Gasteiger partial charge is 0.494 e. The number of methoxy groups -OCH3 is 1. The minimum absolute atomic E-state index is 0.112. The highest BCUT2D eigenvalue weighted by molar-refractivity contribution is 6.45. The van der Waals surface area contributed by atoms with E-state index in [1.54, 1.807) is 11.8 Å². The number of guanidine groups is 1. The fraction of sp³-hybridized carbons (Fsp3) is 0.286. The van der Waals surface area contributed by atoms with Crippen LogP contribution in [-0.4, -0.2) is 90.5 Å². The number of rotatable bonds is 5. The van der Waals surface area contributed by atoms with Crippen LogP contribution in [0.25, 0.3) is 16.7 Å². The van der Waals surface area contributed by atoms with Gasteiger partial charge in [-0.2, -0.15) is 10.1 Å². The van der Waals surface area contributed by atoms with Crippen molar-refractivity contribution in [2.75, 3.05) is 38.3 Å². The second kappa shape index (κ2) is 9.57.